The molecule has 1 amide bonds. The van der Waals surface area contributed by atoms with Crippen molar-refractivity contribution >= 4 is 11.9 Å². The van der Waals surface area contributed by atoms with Crippen molar-refractivity contribution in [3.05, 3.63) is 24.3 Å². The third-order valence-electron chi connectivity index (χ3n) is 2.73. The largest absolute Gasteiger partial charge is 0.497 e. The van der Waals surface area contributed by atoms with Crippen LogP contribution in [0.3, 0.4) is 0 Å². The first-order valence-electron chi connectivity index (χ1n) is 6.31. The lowest BCUT2D eigenvalue weighted by Gasteiger charge is -2.18. The molecule has 0 radical (unpaired) electrons. The number of carbonyl (C=O) groups excluding carboxylic acids is 2. The molecule has 7 nitrogen and oxygen atoms in total. The van der Waals surface area contributed by atoms with Crippen LogP contribution >= 0.6 is 0 Å². The van der Waals surface area contributed by atoms with Gasteiger partial charge >= 0.3 is 5.97 Å². The van der Waals surface area contributed by atoms with Crippen LogP contribution in [0.1, 0.15) is 6.92 Å². The second kappa shape index (κ2) is 8.11. The van der Waals surface area contributed by atoms with Gasteiger partial charge in [0.1, 0.15) is 11.5 Å². The maximum Gasteiger partial charge on any atom is 0.330 e. The summed E-state index contributed by atoms with van der Waals surface area (Å²) in [6, 6.07) is 5.61. The van der Waals surface area contributed by atoms with E-state index in [0.29, 0.717) is 11.5 Å². The summed E-state index contributed by atoms with van der Waals surface area (Å²) >= 11 is 0. The van der Waals surface area contributed by atoms with E-state index in [1.807, 2.05) is 0 Å². The van der Waals surface area contributed by atoms with Crippen LogP contribution in [0, 0.1) is 0 Å². The Balaban J connectivity index is 2.58. The SMILES string of the molecule is COC(=O)C(CO)NC(=O)C(C)Oc1ccc(OC)cc1. The highest BCUT2D eigenvalue weighted by Crippen LogP contribution is 2.18. The van der Waals surface area contributed by atoms with Gasteiger partial charge in [-0.25, -0.2) is 4.79 Å². The topological polar surface area (TPSA) is 94.1 Å². The van der Waals surface area contributed by atoms with E-state index >= 15 is 0 Å². The molecule has 2 atom stereocenters. The number of rotatable bonds is 7. The fraction of sp³-hybridized carbons (Fsp3) is 0.429. The summed E-state index contributed by atoms with van der Waals surface area (Å²) in [5, 5.41) is 11.4. The van der Waals surface area contributed by atoms with Crippen molar-refractivity contribution in [3.63, 3.8) is 0 Å². The third-order valence-corrected chi connectivity index (χ3v) is 2.73. The first kappa shape index (κ1) is 16.8. The number of methoxy groups -OCH3 is 2. The van der Waals surface area contributed by atoms with Crippen LogP contribution in [0.2, 0.25) is 0 Å². The monoisotopic (exact) mass is 297 g/mol. The highest BCUT2D eigenvalue weighted by Gasteiger charge is 2.24. The molecule has 1 rings (SSSR count). The molecule has 0 aromatic heterocycles. The molecule has 0 heterocycles. The van der Waals surface area contributed by atoms with Crippen LogP contribution in [0.25, 0.3) is 0 Å². The molecular weight excluding hydrogens is 278 g/mol. The Labute approximate surface area is 122 Å². The molecule has 116 valence electrons. The lowest BCUT2D eigenvalue weighted by atomic mass is 10.2. The molecule has 0 aliphatic rings. The minimum absolute atomic E-state index is 0.483. The molecule has 2 unspecified atom stereocenters. The number of hydrogen-bond acceptors (Lipinski definition) is 6. The molecule has 1 aromatic carbocycles. The number of amides is 1. The van der Waals surface area contributed by atoms with Gasteiger partial charge in [-0.15, -0.1) is 0 Å². The fourth-order valence-corrected chi connectivity index (χ4v) is 1.52. The predicted octanol–water partition coefficient (Wildman–Crippen LogP) is 0.113. The van der Waals surface area contributed by atoms with Crippen molar-refractivity contribution in [2.24, 2.45) is 0 Å². The van der Waals surface area contributed by atoms with Gasteiger partial charge in [0, 0.05) is 0 Å². The Morgan fingerprint density at radius 1 is 1.19 bits per heavy atom. The highest BCUT2D eigenvalue weighted by molar-refractivity contribution is 5.87. The van der Waals surface area contributed by atoms with Gasteiger partial charge in [0.05, 0.1) is 20.8 Å². The molecular formula is C14H19NO6. The quantitative estimate of drug-likeness (QED) is 0.694. The van der Waals surface area contributed by atoms with Crippen molar-refractivity contribution in [2.45, 2.75) is 19.1 Å². The minimum atomic E-state index is -1.11. The number of aliphatic hydroxyl groups excluding tert-OH is 1. The maximum atomic E-state index is 11.9. The van der Waals surface area contributed by atoms with Gasteiger partial charge in [-0.1, -0.05) is 0 Å². The second-order valence-electron chi connectivity index (χ2n) is 4.20. The zero-order valence-electron chi connectivity index (χ0n) is 12.2. The van der Waals surface area contributed by atoms with E-state index in [-0.39, 0.29) is 0 Å². The first-order chi connectivity index (χ1) is 10.0. The van der Waals surface area contributed by atoms with Crippen LogP contribution in [0.15, 0.2) is 24.3 Å². The number of esters is 1. The van der Waals surface area contributed by atoms with Crippen molar-refractivity contribution < 1.29 is 28.9 Å². The molecule has 0 bridgehead atoms. The third kappa shape index (κ3) is 4.96. The average Bonchev–Trinajstić information content (AvgIpc) is 2.52. The van der Waals surface area contributed by atoms with Crippen LogP contribution in [0.5, 0.6) is 11.5 Å². The second-order valence-corrected chi connectivity index (χ2v) is 4.20. The molecule has 0 saturated carbocycles. The first-order valence-corrected chi connectivity index (χ1v) is 6.31. The van der Waals surface area contributed by atoms with Crippen molar-refractivity contribution in [3.8, 4) is 11.5 Å². The van der Waals surface area contributed by atoms with Gasteiger partial charge in [-0.2, -0.15) is 0 Å². The molecule has 0 aliphatic carbocycles. The van der Waals surface area contributed by atoms with Crippen molar-refractivity contribution in [1.82, 2.24) is 5.32 Å². The molecule has 7 heteroatoms. The summed E-state index contributed by atoms with van der Waals surface area (Å²) in [6.45, 7) is 0.985. The van der Waals surface area contributed by atoms with E-state index in [2.05, 4.69) is 10.1 Å². The van der Waals surface area contributed by atoms with Gasteiger partial charge in [0.15, 0.2) is 12.1 Å². The fourth-order valence-electron chi connectivity index (χ4n) is 1.52. The summed E-state index contributed by atoms with van der Waals surface area (Å²) in [4.78, 5) is 23.2. The van der Waals surface area contributed by atoms with Gasteiger partial charge in [-0.05, 0) is 31.2 Å². The summed E-state index contributed by atoms with van der Waals surface area (Å²) in [5.41, 5.74) is 0. The van der Waals surface area contributed by atoms with Crippen LogP contribution in [0.4, 0.5) is 0 Å². The molecule has 0 fully saturated rings. The minimum Gasteiger partial charge on any atom is -0.497 e. The highest BCUT2D eigenvalue weighted by atomic mass is 16.5. The van der Waals surface area contributed by atoms with E-state index in [0.717, 1.165) is 0 Å². The Bertz CT molecular complexity index is 473. The van der Waals surface area contributed by atoms with E-state index in [1.54, 1.807) is 31.4 Å². The smallest absolute Gasteiger partial charge is 0.330 e. The number of aliphatic hydroxyl groups is 1. The zero-order valence-corrected chi connectivity index (χ0v) is 12.2. The Morgan fingerprint density at radius 2 is 1.76 bits per heavy atom. The Morgan fingerprint density at radius 3 is 2.24 bits per heavy atom. The predicted molar refractivity (Wildman–Crippen MR) is 74.1 cm³/mol. The standard InChI is InChI=1S/C14H19NO6/c1-9(13(17)15-12(8-16)14(18)20-3)21-11-6-4-10(19-2)5-7-11/h4-7,9,12,16H,8H2,1-3H3,(H,15,17). The van der Waals surface area contributed by atoms with E-state index < -0.39 is 30.6 Å². The zero-order chi connectivity index (χ0) is 15.8. The number of benzene rings is 1. The molecule has 0 saturated heterocycles. The van der Waals surface area contributed by atoms with E-state index in [9.17, 15) is 9.59 Å². The molecule has 21 heavy (non-hydrogen) atoms. The van der Waals surface area contributed by atoms with E-state index in [4.69, 9.17) is 14.6 Å². The summed E-state index contributed by atoms with van der Waals surface area (Å²) in [5.74, 6) is -0.0969. The van der Waals surface area contributed by atoms with Crippen molar-refractivity contribution in [2.75, 3.05) is 20.8 Å². The van der Waals surface area contributed by atoms with Crippen LogP contribution < -0.4 is 14.8 Å². The van der Waals surface area contributed by atoms with Gasteiger partial charge in [0.2, 0.25) is 0 Å². The number of nitrogens with one attached hydrogen (secondary N) is 1. The molecule has 0 aliphatic heterocycles. The Hall–Kier alpha value is -2.28. The van der Waals surface area contributed by atoms with Gasteiger partial charge in [0.25, 0.3) is 5.91 Å². The normalized spacial score (nSPS) is 13.0. The number of ether oxygens (including phenoxy) is 3. The molecule has 2 N–H and O–H groups in total. The van der Waals surface area contributed by atoms with Gasteiger partial charge < -0.3 is 24.6 Å². The summed E-state index contributed by atoms with van der Waals surface area (Å²) in [6.07, 6.45) is -0.836. The van der Waals surface area contributed by atoms with Crippen LogP contribution in [-0.4, -0.2) is 50.0 Å². The lowest BCUT2D eigenvalue weighted by molar-refractivity contribution is -0.147. The average molecular weight is 297 g/mol. The lowest BCUT2D eigenvalue weighted by Crippen LogP contribution is -2.48. The molecule has 1 aromatic rings. The Kier molecular flexibility index (Phi) is 6.48. The molecule has 0 spiro atoms. The van der Waals surface area contributed by atoms with Crippen molar-refractivity contribution in [1.29, 1.82) is 0 Å². The van der Waals surface area contributed by atoms with Crippen LogP contribution in [-0.2, 0) is 14.3 Å². The summed E-state index contributed by atoms with van der Waals surface area (Å²) < 4.78 is 14.9. The summed E-state index contributed by atoms with van der Waals surface area (Å²) in [7, 11) is 2.72. The number of carbonyl (C=O) groups is 2. The van der Waals surface area contributed by atoms with E-state index in [1.165, 1.54) is 14.0 Å². The van der Waals surface area contributed by atoms with Gasteiger partial charge in [-0.3, -0.25) is 4.79 Å². The number of hydrogen-bond donors (Lipinski definition) is 2. The maximum absolute atomic E-state index is 11.9.